The number of anilines is 1. The number of piperidine rings is 1. The van der Waals surface area contributed by atoms with Crippen LogP contribution in [0.1, 0.15) is 12.8 Å². The average Bonchev–Trinajstić information content (AvgIpc) is 3.00. The molecule has 0 saturated carbocycles. The fourth-order valence-corrected chi connectivity index (χ4v) is 4.64. The van der Waals surface area contributed by atoms with Gasteiger partial charge >= 0.3 is 0 Å². The van der Waals surface area contributed by atoms with Crippen molar-refractivity contribution >= 4 is 17.3 Å². The second-order valence-electron chi connectivity index (χ2n) is 9.14. The van der Waals surface area contributed by atoms with E-state index >= 15 is 0 Å². The molecule has 8 heteroatoms. The van der Waals surface area contributed by atoms with E-state index < -0.39 is 11.2 Å². The van der Waals surface area contributed by atoms with E-state index in [1.54, 1.807) is 31.4 Å². The third-order valence-corrected chi connectivity index (χ3v) is 6.66. The lowest BCUT2D eigenvalue weighted by Crippen LogP contribution is -2.55. The summed E-state index contributed by atoms with van der Waals surface area (Å²) in [4.78, 5) is 4.39. The molecule has 0 aliphatic carbocycles. The van der Waals surface area contributed by atoms with Crippen LogP contribution in [0.15, 0.2) is 48.5 Å². The lowest BCUT2D eigenvalue weighted by molar-refractivity contribution is -0.0742. The standard InChI is InChI=1S/C25H33ClN2O5/c1-31-22-8-4-21(5-9-22)28-12-10-24(29,11-13-28)16-27-14-15-32-18-25(30,17-27)19-33-23-6-2-20(26)3-7-23/h2-9,29-30H,10-19H2,1H3/t25-/m0/s1. The van der Waals surface area contributed by atoms with Gasteiger partial charge in [0.1, 0.15) is 23.7 Å². The smallest absolute Gasteiger partial charge is 0.134 e. The summed E-state index contributed by atoms with van der Waals surface area (Å²) < 4.78 is 16.7. The van der Waals surface area contributed by atoms with E-state index in [0.717, 1.165) is 24.5 Å². The summed E-state index contributed by atoms with van der Waals surface area (Å²) in [5, 5.41) is 23.1. The zero-order chi connectivity index (χ0) is 23.3. The Kier molecular flexibility index (Phi) is 7.66. The van der Waals surface area contributed by atoms with Gasteiger partial charge in [-0.1, -0.05) is 11.6 Å². The van der Waals surface area contributed by atoms with E-state index in [1.807, 2.05) is 12.1 Å². The number of methoxy groups -OCH3 is 1. The summed E-state index contributed by atoms with van der Waals surface area (Å²) in [7, 11) is 1.66. The van der Waals surface area contributed by atoms with Crippen molar-refractivity contribution in [3.8, 4) is 11.5 Å². The Morgan fingerprint density at radius 2 is 1.61 bits per heavy atom. The largest absolute Gasteiger partial charge is 0.497 e. The first-order chi connectivity index (χ1) is 15.9. The predicted molar refractivity (Wildman–Crippen MR) is 129 cm³/mol. The number of benzene rings is 2. The van der Waals surface area contributed by atoms with Gasteiger partial charge < -0.3 is 29.3 Å². The van der Waals surface area contributed by atoms with Gasteiger partial charge in [-0.25, -0.2) is 0 Å². The third kappa shape index (κ3) is 6.52. The van der Waals surface area contributed by atoms with Crippen LogP contribution in [0, 0.1) is 0 Å². The molecule has 33 heavy (non-hydrogen) atoms. The van der Waals surface area contributed by atoms with Crippen LogP contribution in [0.4, 0.5) is 5.69 Å². The zero-order valence-corrected chi connectivity index (χ0v) is 19.8. The molecule has 0 spiro atoms. The van der Waals surface area contributed by atoms with Crippen molar-refractivity contribution in [1.82, 2.24) is 4.90 Å². The van der Waals surface area contributed by atoms with Crippen LogP contribution in [0.25, 0.3) is 0 Å². The quantitative estimate of drug-likeness (QED) is 0.636. The van der Waals surface area contributed by atoms with E-state index in [2.05, 4.69) is 21.9 Å². The van der Waals surface area contributed by atoms with Gasteiger partial charge in [-0.05, 0) is 61.4 Å². The van der Waals surface area contributed by atoms with E-state index in [1.165, 1.54) is 0 Å². The van der Waals surface area contributed by atoms with E-state index in [9.17, 15) is 10.2 Å². The first-order valence-electron chi connectivity index (χ1n) is 11.4. The van der Waals surface area contributed by atoms with Gasteiger partial charge in [-0.2, -0.15) is 0 Å². The number of nitrogens with zero attached hydrogens (tertiary/aromatic N) is 2. The Labute approximate surface area is 200 Å². The Morgan fingerprint density at radius 1 is 0.939 bits per heavy atom. The SMILES string of the molecule is COc1ccc(N2CCC(O)(CN3CCOC[C@](O)(COc4ccc(Cl)cc4)C3)CC2)cc1. The summed E-state index contributed by atoms with van der Waals surface area (Å²) in [6.45, 7) is 3.90. The molecule has 0 radical (unpaired) electrons. The van der Waals surface area contributed by atoms with Crippen LogP contribution in [-0.2, 0) is 4.74 Å². The van der Waals surface area contributed by atoms with Gasteiger partial charge in [0.25, 0.3) is 0 Å². The Hall–Kier alpha value is -2.03. The molecule has 2 aliphatic heterocycles. The van der Waals surface area contributed by atoms with Gasteiger partial charge in [0.2, 0.25) is 0 Å². The lowest BCUT2D eigenvalue weighted by Gasteiger charge is -2.42. The number of hydrogen-bond donors (Lipinski definition) is 2. The average molecular weight is 477 g/mol. The number of aliphatic hydroxyl groups is 2. The zero-order valence-electron chi connectivity index (χ0n) is 19.1. The number of rotatable bonds is 7. The van der Waals surface area contributed by atoms with Gasteiger partial charge in [-0.3, -0.25) is 4.90 Å². The van der Waals surface area contributed by atoms with Crippen LogP contribution in [0.5, 0.6) is 11.5 Å². The first-order valence-corrected chi connectivity index (χ1v) is 11.8. The third-order valence-electron chi connectivity index (χ3n) is 6.41. The van der Waals surface area contributed by atoms with Crippen molar-refractivity contribution in [3.63, 3.8) is 0 Å². The minimum Gasteiger partial charge on any atom is -0.497 e. The summed E-state index contributed by atoms with van der Waals surface area (Å²) in [5.74, 6) is 1.48. The second kappa shape index (κ2) is 10.5. The molecule has 180 valence electrons. The van der Waals surface area contributed by atoms with Gasteiger partial charge in [-0.15, -0.1) is 0 Å². The monoisotopic (exact) mass is 476 g/mol. The summed E-state index contributed by atoms with van der Waals surface area (Å²) in [5.41, 5.74) is -0.823. The molecular weight excluding hydrogens is 444 g/mol. The fourth-order valence-electron chi connectivity index (χ4n) is 4.52. The molecule has 2 heterocycles. The predicted octanol–water partition coefficient (Wildman–Crippen LogP) is 2.82. The molecule has 0 unspecified atom stereocenters. The highest BCUT2D eigenvalue weighted by Crippen LogP contribution is 2.29. The molecule has 4 rings (SSSR count). The summed E-state index contributed by atoms with van der Waals surface area (Å²) in [6, 6.07) is 15.1. The fraction of sp³-hybridized carbons (Fsp3) is 0.520. The molecule has 2 saturated heterocycles. The normalized spacial score (nSPS) is 23.7. The van der Waals surface area contributed by atoms with E-state index in [0.29, 0.717) is 49.9 Å². The summed E-state index contributed by atoms with van der Waals surface area (Å²) in [6.07, 6.45) is 1.33. The minimum absolute atomic E-state index is 0.106. The van der Waals surface area contributed by atoms with Crippen LogP contribution in [0.3, 0.4) is 0 Å². The van der Waals surface area contributed by atoms with Crippen molar-refractivity contribution in [2.24, 2.45) is 0 Å². The van der Waals surface area contributed by atoms with E-state index in [4.69, 9.17) is 25.8 Å². The highest BCUT2D eigenvalue weighted by atomic mass is 35.5. The van der Waals surface area contributed by atoms with Crippen molar-refractivity contribution < 1.29 is 24.4 Å². The van der Waals surface area contributed by atoms with Crippen LogP contribution < -0.4 is 14.4 Å². The summed E-state index contributed by atoms with van der Waals surface area (Å²) >= 11 is 5.93. The molecule has 0 amide bonds. The molecule has 7 nitrogen and oxygen atoms in total. The highest BCUT2D eigenvalue weighted by molar-refractivity contribution is 6.30. The first kappa shape index (κ1) is 24.1. The second-order valence-corrected chi connectivity index (χ2v) is 9.58. The molecule has 2 N–H and O–H groups in total. The maximum Gasteiger partial charge on any atom is 0.134 e. The molecule has 1 atom stereocenters. The van der Waals surface area contributed by atoms with Crippen molar-refractivity contribution in [1.29, 1.82) is 0 Å². The van der Waals surface area contributed by atoms with Crippen molar-refractivity contribution in [2.45, 2.75) is 24.0 Å². The molecule has 2 aliphatic rings. The highest BCUT2D eigenvalue weighted by Gasteiger charge is 2.39. The number of hydrogen-bond acceptors (Lipinski definition) is 7. The molecule has 2 aromatic carbocycles. The molecule has 2 fully saturated rings. The van der Waals surface area contributed by atoms with Gasteiger partial charge in [0, 0.05) is 43.4 Å². The van der Waals surface area contributed by atoms with Crippen LogP contribution >= 0.6 is 11.6 Å². The van der Waals surface area contributed by atoms with Crippen molar-refractivity contribution in [2.75, 3.05) is 64.6 Å². The van der Waals surface area contributed by atoms with E-state index in [-0.39, 0.29) is 13.2 Å². The number of halogens is 1. The molecule has 0 aromatic heterocycles. The van der Waals surface area contributed by atoms with Gasteiger partial charge in [0.15, 0.2) is 0 Å². The Balaban J connectivity index is 1.31. The maximum atomic E-state index is 11.3. The lowest BCUT2D eigenvalue weighted by atomic mass is 9.90. The van der Waals surface area contributed by atoms with Gasteiger partial charge in [0.05, 0.1) is 25.9 Å². The minimum atomic E-state index is -1.16. The topological polar surface area (TPSA) is 74.6 Å². The maximum absolute atomic E-state index is 11.3. The molecule has 2 aromatic rings. The Bertz CT molecular complexity index is 887. The number of β-amino-alcohol motifs (C(OH)–C–C–N with tert-alkyl or cyclic N) is 2. The Morgan fingerprint density at radius 3 is 2.27 bits per heavy atom. The van der Waals surface area contributed by atoms with Crippen LogP contribution in [0.2, 0.25) is 5.02 Å². The number of ether oxygens (including phenoxy) is 3. The molecule has 0 bridgehead atoms. The molecular formula is C25H33ClN2O5. The van der Waals surface area contributed by atoms with Crippen LogP contribution in [-0.4, -0.2) is 86.0 Å². The van der Waals surface area contributed by atoms with Crippen molar-refractivity contribution in [3.05, 3.63) is 53.6 Å².